The minimum atomic E-state index is 0.894. The summed E-state index contributed by atoms with van der Waals surface area (Å²) in [4.78, 5) is 0. The van der Waals surface area contributed by atoms with Crippen LogP contribution < -0.4 is 4.74 Å². The van der Waals surface area contributed by atoms with Crippen molar-refractivity contribution >= 4 is 38.5 Å². The molecule has 0 spiro atoms. The maximum atomic E-state index is 5.06. The molecule has 0 fully saturated rings. The van der Waals surface area contributed by atoms with Crippen LogP contribution in [0.15, 0.2) is 22.7 Å². The molecule has 0 bridgehead atoms. The molecule has 0 atom stereocenters. The Labute approximate surface area is 88.4 Å². The first-order valence-electron chi connectivity index (χ1n) is 3.16. The normalized spacial score (nSPS) is 9.73. The lowest BCUT2D eigenvalue weighted by Gasteiger charge is -2.02. The van der Waals surface area contributed by atoms with Gasteiger partial charge in [0.2, 0.25) is 0 Å². The molecule has 0 radical (unpaired) electrons. The van der Waals surface area contributed by atoms with E-state index in [1.54, 1.807) is 7.11 Å². The first kappa shape index (κ1) is 9.32. The Morgan fingerprint density at radius 2 is 2.27 bits per heavy atom. The van der Waals surface area contributed by atoms with E-state index >= 15 is 0 Å². The molecule has 1 nitrogen and oxygen atoms in total. The van der Waals surface area contributed by atoms with Crippen molar-refractivity contribution in [2.45, 2.75) is 4.43 Å². The molecule has 0 saturated heterocycles. The highest BCUT2D eigenvalue weighted by atomic mass is 127. The highest BCUT2D eigenvalue weighted by Gasteiger charge is 1.98. The third-order valence-electron chi connectivity index (χ3n) is 1.40. The topological polar surface area (TPSA) is 9.23 Å². The van der Waals surface area contributed by atoms with Gasteiger partial charge in [-0.05, 0) is 17.7 Å². The van der Waals surface area contributed by atoms with Gasteiger partial charge in [-0.1, -0.05) is 44.6 Å². The molecule has 0 saturated carbocycles. The van der Waals surface area contributed by atoms with Crippen molar-refractivity contribution in [1.82, 2.24) is 0 Å². The molecule has 3 heteroatoms. The Bertz CT molecular complexity index is 250. The lowest BCUT2D eigenvalue weighted by molar-refractivity contribution is 0.414. The largest absolute Gasteiger partial charge is 0.497 e. The van der Waals surface area contributed by atoms with Crippen LogP contribution in [0, 0.1) is 0 Å². The quantitative estimate of drug-likeness (QED) is 0.598. The fraction of sp³-hybridized carbons (Fsp3) is 0.250. The van der Waals surface area contributed by atoms with Crippen molar-refractivity contribution in [2.24, 2.45) is 0 Å². The second kappa shape index (κ2) is 4.30. The molecule has 0 aromatic heterocycles. The monoisotopic (exact) mass is 326 g/mol. The van der Waals surface area contributed by atoms with E-state index < -0.39 is 0 Å². The van der Waals surface area contributed by atoms with Gasteiger partial charge in [0.15, 0.2) is 0 Å². The molecule has 0 heterocycles. The van der Waals surface area contributed by atoms with Gasteiger partial charge in [-0.15, -0.1) is 0 Å². The van der Waals surface area contributed by atoms with Gasteiger partial charge in [0.1, 0.15) is 5.75 Å². The van der Waals surface area contributed by atoms with Crippen molar-refractivity contribution in [3.05, 3.63) is 28.2 Å². The number of hydrogen-bond acceptors (Lipinski definition) is 1. The zero-order valence-corrected chi connectivity index (χ0v) is 9.85. The highest BCUT2D eigenvalue weighted by molar-refractivity contribution is 14.1. The molecule has 0 aliphatic heterocycles. The van der Waals surface area contributed by atoms with Crippen molar-refractivity contribution in [2.75, 3.05) is 7.11 Å². The maximum absolute atomic E-state index is 5.06. The Kier molecular flexibility index (Phi) is 3.65. The van der Waals surface area contributed by atoms with Gasteiger partial charge in [-0.2, -0.15) is 0 Å². The zero-order valence-electron chi connectivity index (χ0n) is 6.10. The second-order valence-corrected chi connectivity index (χ2v) is 3.71. The third-order valence-corrected chi connectivity index (χ3v) is 2.96. The molecule has 0 unspecified atom stereocenters. The van der Waals surface area contributed by atoms with Gasteiger partial charge in [-0.3, -0.25) is 0 Å². The molecule has 11 heavy (non-hydrogen) atoms. The third kappa shape index (κ3) is 2.33. The van der Waals surface area contributed by atoms with E-state index in [4.69, 9.17) is 4.74 Å². The standard InChI is InChI=1S/C8H8BrIO/c1-11-7-3-2-6(5-10)8(9)4-7/h2-4H,5H2,1H3. The van der Waals surface area contributed by atoms with Crippen LogP contribution in [0.4, 0.5) is 0 Å². The van der Waals surface area contributed by atoms with Crippen LogP contribution in [-0.4, -0.2) is 7.11 Å². The minimum absolute atomic E-state index is 0.894. The van der Waals surface area contributed by atoms with Crippen molar-refractivity contribution < 1.29 is 4.74 Å². The summed E-state index contributed by atoms with van der Waals surface area (Å²) in [6, 6.07) is 6.02. The fourth-order valence-corrected chi connectivity index (χ4v) is 2.45. The van der Waals surface area contributed by atoms with Crippen molar-refractivity contribution in [1.29, 1.82) is 0 Å². The number of halogens is 2. The molecule has 1 rings (SSSR count). The molecule has 0 N–H and O–H groups in total. The van der Waals surface area contributed by atoms with Gasteiger partial charge in [0.25, 0.3) is 0 Å². The second-order valence-electron chi connectivity index (χ2n) is 2.09. The summed E-state index contributed by atoms with van der Waals surface area (Å²) in [5.41, 5.74) is 1.30. The number of rotatable bonds is 2. The Hall–Kier alpha value is 0.230. The summed E-state index contributed by atoms with van der Waals surface area (Å²) in [5.74, 6) is 0.894. The van der Waals surface area contributed by atoms with E-state index in [-0.39, 0.29) is 0 Å². The van der Waals surface area contributed by atoms with Crippen LogP contribution >= 0.6 is 38.5 Å². The Morgan fingerprint density at radius 3 is 2.73 bits per heavy atom. The SMILES string of the molecule is COc1ccc(CI)c(Br)c1. The van der Waals surface area contributed by atoms with Crippen LogP contribution in [-0.2, 0) is 4.43 Å². The van der Waals surface area contributed by atoms with E-state index in [0.717, 1.165) is 14.6 Å². The van der Waals surface area contributed by atoms with Crippen molar-refractivity contribution in [3.63, 3.8) is 0 Å². The predicted octanol–water partition coefficient (Wildman–Crippen LogP) is 3.39. The molecule has 1 aromatic rings. The van der Waals surface area contributed by atoms with Gasteiger partial charge >= 0.3 is 0 Å². The van der Waals surface area contributed by atoms with E-state index in [2.05, 4.69) is 44.6 Å². The zero-order chi connectivity index (χ0) is 8.27. The Morgan fingerprint density at radius 1 is 1.55 bits per heavy atom. The summed E-state index contributed by atoms with van der Waals surface area (Å²) >= 11 is 5.80. The molecule has 0 aliphatic carbocycles. The lowest BCUT2D eigenvalue weighted by Crippen LogP contribution is -1.84. The molecule has 0 amide bonds. The van der Waals surface area contributed by atoms with Crippen LogP contribution in [0.3, 0.4) is 0 Å². The lowest BCUT2D eigenvalue weighted by atomic mass is 10.2. The number of benzene rings is 1. The van der Waals surface area contributed by atoms with Crippen LogP contribution in [0.25, 0.3) is 0 Å². The maximum Gasteiger partial charge on any atom is 0.120 e. The summed E-state index contributed by atoms with van der Waals surface area (Å²) in [7, 11) is 1.67. The van der Waals surface area contributed by atoms with Crippen molar-refractivity contribution in [3.8, 4) is 5.75 Å². The molecule has 60 valence electrons. The van der Waals surface area contributed by atoms with Gasteiger partial charge in [0, 0.05) is 8.90 Å². The summed E-state index contributed by atoms with van der Waals surface area (Å²) in [5, 5.41) is 0. The first-order valence-corrected chi connectivity index (χ1v) is 5.48. The number of methoxy groups -OCH3 is 1. The number of hydrogen-bond donors (Lipinski definition) is 0. The minimum Gasteiger partial charge on any atom is -0.497 e. The average molecular weight is 327 g/mol. The van der Waals surface area contributed by atoms with E-state index in [1.165, 1.54) is 5.56 Å². The smallest absolute Gasteiger partial charge is 0.120 e. The number of ether oxygens (including phenoxy) is 1. The van der Waals surface area contributed by atoms with Gasteiger partial charge in [0.05, 0.1) is 7.11 Å². The van der Waals surface area contributed by atoms with E-state index in [0.29, 0.717) is 0 Å². The van der Waals surface area contributed by atoms with Gasteiger partial charge in [-0.25, -0.2) is 0 Å². The number of alkyl halides is 1. The molecular weight excluding hydrogens is 319 g/mol. The summed E-state index contributed by atoms with van der Waals surface area (Å²) in [6.45, 7) is 0. The molecular formula is C8H8BrIO. The predicted molar refractivity (Wildman–Crippen MR) is 58.4 cm³/mol. The molecule has 1 aromatic carbocycles. The summed E-state index contributed by atoms with van der Waals surface area (Å²) < 4.78 is 7.20. The van der Waals surface area contributed by atoms with Crippen LogP contribution in [0.2, 0.25) is 0 Å². The van der Waals surface area contributed by atoms with E-state index in [1.807, 2.05) is 12.1 Å². The van der Waals surface area contributed by atoms with Crippen LogP contribution in [0.5, 0.6) is 5.75 Å². The Balaban J connectivity index is 2.99. The average Bonchev–Trinajstić information content (AvgIpc) is 2.04. The first-order chi connectivity index (χ1) is 5.27. The fourth-order valence-electron chi connectivity index (χ4n) is 0.763. The van der Waals surface area contributed by atoms with Crippen LogP contribution in [0.1, 0.15) is 5.56 Å². The highest BCUT2D eigenvalue weighted by Crippen LogP contribution is 2.24. The van der Waals surface area contributed by atoms with Gasteiger partial charge < -0.3 is 4.74 Å². The van der Waals surface area contributed by atoms with E-state index in [9.17, 15) is 0 Å². The molecule has 0 aliphatic rings. The summed E-state index contributed by atoms with van der Waals surface area (Å²) in [6.07, 6.45) is 0.